The first kappa shape index (κ1) is 17.4. The standard InChI is InChI=1S/C19H20ClN3O2/c1-14-12-23(17-6-2-5-16(20)10-17)19(25)13-22(14)18(24)8-7-15-4-3-9-21-11-15/h2-6,9-11,14H,7-8,12-13H2,1H3. The van der Waals surface area contributed by atoms with Gasteiger partial charge in [-0.05, 0) is 43.2 Å². The van der Waals surface area contributed by atoms with Gasteiger partial charge in [-0.2, -0.15) is 0 Å². The molecule has 1 aromatic heterocycles. The van der Waals surface area contributed by atoms with Crippen LogP contribution in [0.25, 0.3) is 0 Å². The van der Waals surface area contributed by atoms with Crippen LogP contribution in [-0.4, -0.2) is 40.8 Å². The molecule has 0 N–H and O–H groups in total. The van der Waals surface area contributed by atoms with Gasteiger partial charge >= 0.3 is 0 Å². The zero-order chi connectivity index (χ0) is 17.8. The second-order valence-corrected chi connectivity index (χ2v) is 6.65. The number of pyridine rings is 1. The van der Waals surface area contributed by atoms with Gasteiger partial charge in [0.2, 0.25) is 11.8 Å². The van der Waals surface area contributed by atoms with Gasteiger partial charge in [-0.15, -0.1) is 0 Å². The lowest BCUT2D eigenvalue weighted by Gasteiger charge is -2.39. The number of benzene rings is 1. The van der Waals surface area contributed by atoms with Gasteiger partial charge in [0.15, 0.2) is 0 Å². The minimum atomic E-state index is -0.0879. The van der Waals surface area contributed by atoms with Gasteiger partial charge in [-0.1, -0.05) is 23.7 Å². The maximum atomic E-state index is 12.5. The van der Waals surface area contributed by atoms with E-state index in [9.17, 15) is 9.59 Å². The first-order valence-corrected chi connectivity index (χ1v) is 8.66. The maximum Gasteiger partial charge on any atom is 0.246 e. The Morgan fingerprint density at radius 1 is 1.32 bits per heavy atom. The molecule has 0 aliphatic carbocycles. The van der Waals surface area contributed by atoms with E-state index in [4.69, 9.17) is 11.6 Å². The van der Waals surface area contributed by atoms with Gasteiger partial charge in [0.1, 0.15) is 6.54 Å². The molecule has 1 saturated heterocycles. The minimum Gasteiger partial charge on any atom is -0.329 e. The van der Waals surface area contributed by atoms with Crippen molar-refractivity contribution in [3.05, 3.63) is 59.4 Å². The quantitative estimate of drug-likeness (QED) is 0.845. The van der Waals surface area contributed by atoms with Crippen LogP contribution in [0.15, 0.2) is 48.8 Å². The second-order valence-electron chi connectivity index (χ2n) is 6.22. The van der Waals surface area contributed by atoms with Crippen molar-refractivity contribution in [3.63, 3.8) is 0 Å². The number of carbonyl (C=O) groups is 2. The summed E-state index contributed by atoms with van der Waals surface area (Å²) in [7, 11) is 0. The summed E-state index contributed by atoms with van der Waals surface area (Å²) < 4.78 is 0. The molecule has 2 amide bonds. The van der Waals surface area contributed by atoms with Gasteiger partial charge in [-0.25, -0.2) is 0 Å². The summed E-state index contributed by atoms with van der Waals surface area (Å²) >= 11 is 6.02. The van der Waals surface area contributed by atoms with Gasteiger partial charge in [0, 0.05) is 42.1 Å². The van der Waals surface area contributed by atoms with E-state index in [0.717, 1.165) is 11.3 Å². The lowest BCUT2D eigenvalue weighted by atomic mass is 10.1. The molecule has 0 saturated carbocycles. The SMILES string of the molecule is CC1CN(c2cccc(Cl)c2)C(=O)CN1C(=O)CCc1cccnc1. The Balaban J connectivity index is 1.63. The van der Waals surface area contributed by atoms with E-state index in [1.807, 2.05) is 31.2 Å². The number of rotatable bonds is 4. The number of anilines is 1. The van der Waals surface area contributed by atoms with E-state index in [2.05, 4.69) is 4.98 Å². The molecular formula is C19H20ClN3O2. The van der Waals surface area contributed by atoms with Crippen LogP contribution < -0.4 is 4.90 Å². The molecule has 130 valence electrons. The van der Waals surface area contributed by atoms with Crippen molar-refractivity contribution in [1.29, 1.82) is 0 Å². The molecule has 1 atom stereocenters. The van der Waals surface area contributed by atoms with E-state index < -0.39 is 0 Å². The Labute approximate surface area is 152 Å². The van der Waals surface area contributed by atoms with Crippen molar-refractivity contribution in [2.45, 2.75) is 25.8 Å². The molecule has 0 bridgehead atoms. The number of nitrogens with zero attached hydrogens (tertiary/aromatic N) is 3. The molecule has 1 aliphatic heterocycles. The van der Waals surface area contributed by atoms with E-state index in [-0.39, 0.29) is 24.4 Å². The number of halogens is 1. The molecule has 25 heavy (non-hydrogen) atoms. The van der Waals surface area contributed by atoms with Crippen molar-refractivity contribution < 1.29 is 9.59 Å². The number of aryl methyl sites for hydroxylation is 1. The van der Waals surface area contributed by atoms with Gasteiger partial charge in [0.05, 0.1) is 0 Å². The van der Waals surface area contributed by atoms with Crippen molar-refractivity contribution >= 4 is 29.1 Å². The zero-order valence-electron chi connectivity index (χ0n) is 14.1. The molecule has 1 aliphatic rings. The molecule has 2 aromatic rings. The Bertz CT molecular complexity index is 766. The molecule has 5 nitrogen and oxygen atoms in total. The molecule has 2 heterocycles. The fourth-order valence-corrected chi connectivity index (χ4v) is 3.20. The average Bonchev–Trinajstić information content (AvgIpc) is 2.62. The summed E-state index contributed by atoms with van der Waals surface area (Å²) in [4.78, 5) is 32.5. The summed E-state index contributed by atoms with van der Waals surface area (Å²) in [6.07, 6.45) is 4.47. The Hall–Kier alpha value is -2.40. The Kier molecular flexibility index (Phi) is 5.34. The predicted octanol–water partition coefficient (Wildman–Crippen LogP) is 2.93. The topological polar surface area (TPSA) is 53.5 Å². The summed E-state index contributed by atoms with van der Waals surface area (Å²) in [5.74, 6) is -0.0921. The minimum absolute atomic E-state index is 0.00422. The number of hydrogen-bond donors (Lipinski definition) is 0. The third-order valence-electron chi connectivity index (χ3n) is 4.38. The third kappa shape index (κ3) is 4.17. The van der Waals surface area contributed by atoms with Crippen LogP contribution in [-0.2, 0) is 16.0 Å². The maximum absolute atomic E-state index is 12.5. The molecule has 3 rings (SSSR count). The van der Waals surface area contributed by atoms with Crippen molar-refractivity contribution in [3.8, 4) is 0 Å². The third-order valence-corrected chi connectivity index (χ3v) is 4.61. The number of hydrogen-bond acceptors (Lipinski definition) is 3. The fourth-order valence-electron chi connectivity index (χ4n) is 3.02. The van der Waals surface area contributed by atoms with E-state index in [0.29, 0.717) is 24.4 Å². The molecule has 1 unspecified atom stereocenters. The van der Waals surface area contributed by atoms with Crippen LogP contribution in [0.5, 0.6) is 0 Å². The predicted molar refractivity (Wildman–Crippen MR) is 97.5 cm³/mol. The smallest absolute Gasteiger partial charge is 0.246 e. The summed E-state index contributed by atoms with van der Waals surface area (Å²) in [6, 6.07) is 11.0. The van der Waals surface area contributed by atoms with Crippen molar-refractivity contribution in [2.75, 3.05) is 18.0 Å². The fraction of sp³-hybridized carbons (Fsp3) is 0.316. The van der Waals surface area contributed by atoms with Gasteiger partial charge < -0.3 is 9.80 Å². The Morgan fingerprint density at radius 3 is 2.88 bits per heavy atom. The number of carbonyl (C=O) groups excluding carboxylic acids is 2. The van der Waals surface area contributed by atoms with Crippen LogP contribution in [0.3, 0.4) is 0 Å². The summed E-state index contributed by atoms with van der Waals surface area (Å²) in [6.45, 7) is 2.53. The molecule has 1 fully saturated rings. The molecule has 6 heteroatoms. The molecule has 0 radical (unpaired) electrons. The number of piperazine rings is 1. The van der Waals surface area contributed by atoms with E-state index in [1.54, 1.807) is 34.3 Å². The van der Waals surface area contributed by atoms with E-state index in [1.165, 1.54) is 0 Å². The second kappa shape index (κ2) is 7.66. The van der Waals surface area contributed by atoms with Crippen molar-refractivity contribution in [2.24, 2.45) is 0 Å². The molecular weight excluding hydrogens is 338 g/mol. The number of aromatic nitrogens is 1. The zero-order valence-corrected chi connectivity index (χ0v) is 14.8. The summed E-state index contributed by atoms with van der Waals surface area (Å²) in [5, 5.41) is 0.591. The van der Waals surface area contributed by atoms with Gasteiger partial charge in [0.25, 0.3) is 0 Å². The normalized spacial score (nSPS) is 17.7. The lowest BCUT2D eigenvalue weighted by Crippen LogP contribution is -2.57. The highest BCUT2D eigenvalue weighted by Gasteiger charge is 2.32. The average molecular weight is 358 g/mol. The van der Waals surface area contributed by atoms with E-state index >= 15 is 0 Å². The molecule has 1 aromatic carbocycles. The lowest BCUT2D eigenvalue weighted by molar-refractivity contribution is -0.139. The van der Waals surface area contributed by atoms with Crippen LogP contribution in [0.4, 0.5) is 5.69 Å². The van der Waals surface area contributed by atoms with Crippen LogP contribution in [0.1, 0.15) is 18.9 Å². The van der Waals surface area contributed by atoms with Gasteiger partial charge in [-0.3, -0.25) is 14.6 Å². The van der Waals surface area contributed by atoms with Crippen LogP contribution in [0, 0.1) is 0 Å². The first-order chi connectivity index (χ1) is 12.0. The monoisotopic (exact) mass is 357 g/mol. The van der Waals surface area contributed by atoms with Crippen LogP contribution in [0.2, 0.25) is 5.02 Å². The highest BCUT2D eigenvalue weighted by Crippen LogP contribution is 2.23. The first-order valence-electron chi connectivity index (χ1n) is 8.29. The summed E-state index contributed by atoms with van der Waals surface area (Å²) in [5.41, 5.74) is 1.79. The molecule has 0 spiro atoms. The highest BCUT2D eigenvalue weighted by atomic mass is 35.5. The van der Waals surface area contributed by atoms with Crippen LogP contribution >= 0.6 is 11.6 Å². The highest BCUT2D eigenvalue weighted by molar-refractivity contribution is 6.30. The number of amides is 2. The Morgan fingerprint density at radius 2 is 2.16 bits per heavy atom. The largest absolute Gasteiger partial charge is 0.329 e. The van der Waals surface area contributed by atoms with Crippen molar-refractivity contribution in [1.82, 2.24) is 9.88 Å².